The molecular formula is C18H40N2. The zero-order valence-electron chi connectivity index (χ0n) is 15.3. The maximum absolute atomic E-state index is 2.56. The SMILES string of the molecule is CC.CC.CC(C)N1CCCCC1.CN1CC2CC2C1. The van der Waals surface area contributed by atoms with Gasteiger partial charge in [0, 0.05) is 19.1 Å². The molecule has 2 saturated heterocycles. The topological polar surface area (TPSA) is 6.48 Å². The lowest BCUT2D eigenvalue weighted by atomic mass is 10.1. The number of piperidine rings is 2. The molecule has 2 heterocycles. The van der Waals surface area contributed by atoms with Crippen LogP contribution in [0.3, 0.4) is 0 Å². The van der Waals surface area contributed by atoms with E-state index in [-0.39, 0.29) is 0 Å². The second-order valence-corrected chi connectivity index (χ2v) is 6.17. The van der Waals surface area contributed by atoms with E-state index < -0.39 is 0 Å². The number of likely N-dealkylation sites (tertiary alicyclic amines) is 2. The Hall–Kier alpha value is -0.0800. The summed E-state index contributed by atoms with van der Waals surface area (Å²) in [6.07, 6.45) is 5.81. The first-order valence-corrected chi connectivity index (χ1v) is 9.09. The molecule has 2 heteroatoms. The van der Waals surface area contributed by atoms with Gasteiger partial charge in [0.15, 0.2) is 0 Å². The zero-order valence-corrected chi connectivity index (χ0v) is 15.3. The summed E-state index contributed by atoms with van der Waals surface area (Å²) in [6.45, 7) is 18.0. The van der Waals surface area contributed by atoms with Crippen molar-refractivity contribution in [3.8, 4) is 0 Å². The summed E-state index contributed by atoms with van der Waals surface area (Å²) in [5.41, 5.74) is 0. The lowest BCUT2D eigenvalue weighted by molar-refractivity contribution is 0.185. The molecule has 122 valence electrons. The Kier molecular flexibility index (Phi) is 11.5. The number of fused-ring (bicyclic) bond motifs is 1. The Balaban J connectivity index is 0.000000293. The predicted octanol–water partition coefficient (Wildman–Crippen LogP) is 4.50. The molecule has 3 rings (SSSR count). The lowest BCUT2D eigenvalue weighted by Crippen LogP contribution is -2.35. The van der Waals surface area contributed by atoms with Gasteiger partial charge in [-0.15, -0.1) is 0 Å². The van der Waals surface area contributed by atoms with Gasteiger partial charge in [-0.05, 0) is 65.1 Å². The third-order valence-corrected chi connectivity index (χ3v) is 4.28. The molecule has 0 amide bonds. The van der Waals surface area contributed by atoms with Crippen LogP contribution in [0, 0.1) is 11.8 Å². The van der Waals surface area contributed by atoms with E-state index in [0.29, 0.717) is 0 Å². The first-order chi connectivity index (χ1) is 9.66. The molecule has 0 aromatic rings. The smallest absolute Gasteiger partial charge is 0.00385 e. The van der Waals surface area contributed by atoms with Gasteiger partial charge in [0.2, 0.25) is 0 Å². The minimum absolute atomic E-state index is 0.769. The van der Waals surface area contributed by atoms with Crippen LogP contribution in [-0.4, -0.2) is 49.1 Å². The highest BCUT2D eigenvalue weighted by Crippen LogP contribution is 2.43. The molecular weight excluding hydrogens is 244 g/mol. The average molecular weight is 285 g/mol. The van der Waals surface area contributed by atoms with E-state index in [0.717, 1.165) is 17.9 Å². The van der Waals surface area contributed by atoms with Crippen LogP contribution < -0.4 is 0 Å². The third-order valence-electron chi connectivity index (χ3n) is 4.28. The van der Waals surface area contributed by atoms with Crippen LogP contribution in [0.1, 0.15) is 67.2 Å². The van der Waals surface area contributed by atoms with Gasteiger partial charge >= 0.3 is 0 Å². The van der Waals surface area contributed by atoms with E-state index in [1.165, 1.54) is 51.9 Å². The molecule has 1 saturated carbocycles. The van der Waals surface area contributed by atoms with E-state index >= 15 is 0 Å². The van der Waals surface area contributed by atoms with Gasteiger partial charge in [-0.3, -0.25) is 0 Å². The highest BCUT2D eigenvalue weighted by atomic mass is 15.1. The van der Waals surface area contributed by atoms with Crippen LogP contribution in [0.5, 0.6) is 0 Å². The summed E-state index contributed by atoms with van der Waals surface area (Å²) in [4.78, 5) is 4.99. The van der Waals surface area contributed by atoms with Crippen molar-refractivity contribution in [1.29, 1.82) is 0 Å². The van der Waals surface area contributed by atoms with Gasteiger partial charge in [0.25, 0.3) is 0 Å². The predicted molar refractivity (Wildman–Crippen MR) is 92.4 cm³/mol. The number of hydrogen-bond acceptors (Lipinski definition) is 2. The van der Waals surface area contributed by atoms with Crippen LogP contribution in [0.25, 0.3) is 0 Å². The van der Waals surface area contributed by atoms with Crippen LogP contribution in [0.2, 0.25) is 0 Å². The monoisotopic (exact) mass is 284 g/mol. The zero-order chi connectivity index (χ0) is 15.5. The standard InChI is InChI=1S/C8H17N.C6H11N.2C2H6/c1-8(2)9-6-4-3-5-7-9;1-7-3-5-2-6(5)4-7;2*1-2/h8H,3-7H2,1-2H3;5-6H,2-4H2,1H3;2*1-2H3. The fraction of sp³-hybridized carbons (Fsp3) is 1.00. The molecule has 0 aromatic carbocycles. The van der Waals surface area contributed by atoms with Crippen LogP contribution >= 0.6 is 0 Å². The summed E-state index contributed by atoms with van der Waals surface area (Å²) in [5, 5.41) is 0. The molecule has 2 aliphatic heterocycles. The maximum atomic E-state index is 2.56. The Morgan fingerprint density at radius 2 is 1.25 bits per heavy atom. The average Bonchev–Trinajstić information content (AvgIpc) is 3.12. The van der Waals surface area contributed by atoms with Crippen molar-refractivity contribution >= 4 is 0 Å². The first kappa shape index (κ1) is 19.9. The largest absolute Gasteiger partial charge is 0.306 e. The molecule has 20 heavy (non-hydrogen) atoms. The van der Waals surface area contributed by atoms with Crippen molar-refractivity contribution in [2.45, 2.75) is 73.3 Å². The van der Waals surface area contributed by atoms with Gasteiger partial charge in [-0.25, -0.2) is 0 Å². The second-order valence-electron chi connectivity index (χ2n) is 6.17. The van der Waals surface area contributed by atoms with E-state index in [1.807, 2.05) is 27.7 Å². The number of hydrogen-bond donors (Lipinski definition) is 0. The maximum Gasteiger partial charge on any atom is 0.00385 e. The van der Waals surface area contributed by atoms with E-state index in [9.17, 15) is 0 Å². The molecule has 2 unspecified atom stereocenters. The fourth-order valence-electron chi connectivity index (χ4n) is 3.07. The fourth-order valence-corrected chi connectivity index (χ4v) is 3.07. The molecule has 2 nitrogen and oxygen atoms in total. The van der Waals surface area contributed by atoms with Gasteiger partial charge in [-0.2, -0.15) is 0 Å². The molecule has 0 spiro atoms. The Labute approximate surface area is 128 Å². The molecule has 2 atom stereocenters. The van der Waals surface area contributed by atoms with Crippen molar-refractivity contribution in [1.82, 2.24) is 9.80 Å². The highest BCUT2D eigenvalue weighted by molar-refractivity contribution is 4.95. The van der Waals surface area contributed by atoms with Crippen molar-refractivity contribution in [3.05, 3.63) is 0 Å². The van der Waals surface area contributed by atoms with E-state index in [2.05, 4.69) is 30.7 Å². The summed E-state index contributed by atoms with van der Waals surface area (Å²) in [7, 11) is 2.21. The van der Waals surface area contributed by atoms with Crippen molar-refractivity contribution in [2.75, 3.05) is 33.2 Å². The summed E-state index contributed by atoms with van der Waals surface area (Å²) < 4.78 is 0. The lowest BCUT2D eigenvalue weighted by Gasteiger charge is -2.29. The Morgan fingerprint density at radius 1 is 0.800 bits per heavy atom. The van der Waals surface area contributed by atoms with E-state index in [1.54, 1.807) is 0 Å². The highest BCUT2D eigenvalue weighted by Gasteiger charge is 2.43. The van der Waals surface area contributed by atoms with Crippen LogP contribution in [-0.2, 0) is 0 Å². The van der Waals surface area contributed by atoms with Gasteiger partial charge < -0.3 is 9.80 Å². The quantitative estimate of drug-likeness (QED) is 0.699. The Bertz CT molecular complexity index is 199. The van der Waals surface area contributed by atoms with E-state index in [4.69, 9.17) is 0 Å². The first-order valence-electron chi connectivity index (χ1n) is 9.09. The normalized spacial score (nSPS) is 28.2. The Morgan fingerprint density at radius 3 is 1.50 bits per heavy atom. The molecule has 3 fully saturated rings. The van der Waals surface area contributed by atoms with Gasteiger partial charge in [0.1, 0.15) is 0 Å². The van der Waals surface area contributed by atoms with Gasteiger partial charge in [0.05, 0.1) is 0 Å². The molecule has 0 radical (unpaired) electrons. The summed E-state index contributed by atoms with van der Waals surface area (Å²) in [5.74, 6) is 2.23. The minimum Gasteiger partial charge on any atom is -0.306 e. The van der Waals surface area contributed by atoms with Crippen molar-refractivity contribution in [3.63, 3.8) is 0 Å². The number of nitrogens with zero attached hydrogens (tertiary/aromatic N) is 2. The minimum atomic E-state index is 0.769. The summed E-state index contributed by atoms with van der Waals surface area (Å²) in [6, 6.07) is 0.769. The third kappa shape index (κ3) is 7.64. The van der Waals surface area contributed by atoms with Crippen LogP contribution in [0.15, 0.2) is 0 Å². The molecule has 0 bridgehead atoms. The summed E-state index contributed by atoms with van der Waals surface area (Å²) >= 11 is 0. The molecule has 3 aliphatic rings. The van der Waals surface area contributed by atoms with Gasteiger partial charge in [-0.1, -0.05) is 34.1 Å². The molecule has 0 aromatic heterocycles. The molecule has 0 N–H and O–H groups in total. The van der Waals surface area contributed by atoms with Crippen molar-refractivity contribution in [2.24, 2.45) is 11.8 Å². The second kappa shape index (κ2) is 11.6. The van der Waals surface area contributed by atoms with Crippen molar-refractivity contribution < 1.29 is 0 Å². The number of rotatable bonds is 1. The van der Waals surface area contributed by atoms with Crippen LogP contribution in [0.4, 0.5) is 0 Å². The molecule has 1 aliphatic carbocycles.